The van der Waals surface area contributed by atoms with Crippen molar-refractivity contribution >= 4 is 6.16 Å². The van der Waals surface area contributed by atoms with Crippen LogP contribution in [0.1, 0.15) is 53.9 Å². The van der Waals surface area contributed by atoms with Crippen LogP contribution >= 0.6 is 0 Å². The van der Waals surface area contributed by atoms with Crippen molar-refractivity contribution in [3.05, 3.63) is 0 Å². The molecule has 0 unspecified atom stereocenters. The summed E-state index contributed by atoms with van der Waals surface area (Å²) in [7, 11) is 0. The van der Waals surface area contributed by atoms with E-state index < -0.39 is 6.16 Å². The topological polar surface area (TPSA) is 35.5 Å². The minimum Gasteiger partial charge on any atom is -0.434 e. The molecule has 1 aliphatic rings. The largest absolute Gasteiger partial charge is 0.508 e. The molecule has 1 fully saturated rings. The second kappa shape index (κ2) is 7.01. The van der Waals surface area contributed by atoms with Crippen molar-refractivity contribution in [2.24, 2.45) is 23.7 Å². The van der Waals surface area contributed by atoms with E-state index in [1.165, 1.54) is 6.42 Å². The summed E-state index contributed by atoms with van der Waals surface area (Å²) in [6.07, 6.45) is 2.91. The van der Waals surface area contributed by atoms with E-state index in [-0.39, 0.29) is 6.10 Å². The van der Waals surface area contributed by atoms with Crippen LogP contribution in [0.4, 0.5) is 4.79 Å². The van der Waals surface area contributed by atoms with Crippen LogP contribution in [0.25, 0.3) is 0 Å². The predicted molar refractivity (Wildman–Crippen MR) is 72.4 cm³/mol. The molecule has 0 spiro atoms. The monoisotopic (exact) mass is 256 g/mol. The van der Waals surface area contributed by atoms with Crippen molar-refractivity contribution in [2.75, 3.05) is 6.61 Å². The van der Waals surface area contributed by atoms with Gasteiger partial charge in [-0.25, -0.2) is 4.79 Å². The highest BCUT2D eigenvalue weighted by Gasteiger charge is 2.33. The summed E-state index contributed by atoms with van der Waals surface area (Å²) < 4.78 is 10.6. The molecule has 0 aromatic heterocycles. The van der Waals surface area contributed by atoms with Gasteiger partial charge in [-0.1, -0.05) is 41.0 Å². The zero-order valence-corrected chi connectivity index (χ0v) is 12.4. The Bertz CT molecular complexity index is 260. The zero-order chi connectivity index (χ0) is 13.7. The molecule has 1 rings (SSSR count). The smallest absolute Gasteiger partial charge is 0.434 e. The molecule has 0 radical (unpaired) electrons. The molecule has 0 aliphatic heterocycles. The molecule has 0 amide bonds. The first-order valence-corrected chi connectivity index (χ1v) is 7.23. The quantitative estimate of drug-likeness (QED) is 0.705. The average Bonchev–Trinajstić information content (AvgIpc) is 2.26. The molecule has 1 aliphatic carbocycles. The van der Waals surface area contributed by atoms with E-state index in [0.717, 1.165) is 12.8 Å². The Morgan fingerprint density at radius 3 is 2.44 bits per heavy atom. The molecule has 106 valence electrons. The lowest BCUT2D eigenvalue weighted by Crippen LogP contribution is -2.36. The maximum absolute atomic E-state index is 11.6. The maximum Gasteiger partial charge on any atom is 0.508 e. The van der Waals surface area contributed by atoms with E-state index in [0.29, 0.717) is 30.3 Å². The van der Waals surface area contributed by atoms with E-state index >= 15 is 0 Å². The van der Waals surface area contributed by atoms with Crippen molar-refractivity contribution in [2.45, 2.75) is 60.0 Å². The molecule has 0 aromatic carbocycles. The first-order valence-electron chi connectivity index (χ1n) is 7.23. The first-order chi connectivity index (χ1) is 8.40. The van der Waals surface area contributed by atoms with Crippen LogP contribution in [0.5, 0.6) is 0 Å². The van der Waals surface area contributed by atoms with Crippen LogP contribution < -0.4 is 0 Å². The highest BCUT2D eigenvalue weighted by molar-refractivity contribution is 5.60. The summed E-state index contributed by atoms with van der Waals surface area (Å²) in [5, 5.41) is 0. The molecule has 1 saturated carbocycles. The van der Waals surface area contributed by atoms with Gasteiger partial charge in [-0.3, -0.25) is 0 Å². The van der Waals surface area contributed by atoms with Crippen molar-refractivity contribution in [3.63, 3.8) is 0 Å². The van der Waals surface area contributed by atoms with Crippen molar-refractivity contribution in [1.82, 2.24) is 0 Å². The molecular formula is C15H28O3. The summed E-state index contributed by atoms with van der Waals surface area (Å²) in [5.74, 6) is 2.03. The fourth-order valence-corrected chi connectivity index (χ4v) is 2.64. The van der Waals surface area contributed by atoms with E-state index in [1.807, 2.05) is 13.8 Å². The lowest BCUT2D eigenvalue weighted by molar-refractivity contribution is -0.0345. The molecule has 0 aromatic rings. The van der Waals surface area contributed by atoms with Gasteiger partial charge in [0.25, 0.3) is 0 Å². The Hall–Kier alpha value is -0.730. The predicted octanol–water partition coefficient (Wildman–Crippen LogP) is 4.26. The van der Waals surface area contributed by atoms with Gasteiger partial charge in [0.15, 0.2) is 0 Å². The molecule has 3 atom stereocenters. The van der Waals surface area contributed by atoms with Crippen LogP contribution in [-0.4, -0.2) is 18.9 Å². The van der Waals surface area contributed by atoms with Gasteiger partial charge in [-0.15, -0.1) is 0 Å². The van der Waals surface area contributed by atoms with Gasteiger partial charge in [-0.05, 0) is 36.5 Å². The Morgan fingerprint density at radius 2 is 1.89 bits per heavy atom. The van der Waals surface area contributed by atoms with Crippen LogP contribution in [-0.2, 0) is 9.47 Å². The van der Waals surface area contributed by atoms with E-state index in [1.54, 1.807) is 0 Å². The number of ether oxygens (including phenoxy) is 2. The average molecular weight is 256 g/mol. The van der Waals surface area contributed by atoms with Crippen LogP contribution in [0.15, 0.2) is 0 Å². The Labute approximate surface area is 111 Å². The Morgan fingerprint density at radius 1 is 1.22 bits per heavy atom. The Balaban J connectivity index is 2.47. The lowest BCUT2D eigenvalue weighted by atomic mass is 9.75. The van der Waals surface area contributed by atoms with Gasteiger partial charge in [0.1, 0.15) is 6.10 Å². The SMILES string of the molecule is CC(C)COC(=O)O[C@@H]1C[C@H](C)CC[C@H]1C(C)C. The summed E-state index contributed by atoms with van der Waals surface area (Å²) in [6, 6.07) is 0. The van der Waals surface area contributed by atoms with Crippen LogP contribution in [0.2, 0.25) is 0 Å². The van der Waals surface area contributed by atoms with Crippen molar-refractivity contribution in [3.8, 4) is 0 Å². The number of carbonyl (C=O) groups is 1. The molecule has 0 heterocycles. The highest BCUT2D eigenvalue weighted by Crippen LogP contribution is 2.35. The molecular weight excluding hydrogens is 228 g/mol. The number of hydrogen-bond acceptors (Lipinski definition) is 3. The second-order valence-corrected chi connectivity index (χ2v) is 6.44. The third-order valence-corrected chi connectivity index (χ3v) is 3.74. The third kappa shape index (κ3) is 4.87. The Kier molecular flexibility index (Phi) is 5.97. The van der Waals surface area contributed by atoms with Gasteiger partial charge in [0.05, 0.1) is 6.61 Å². The summed E-state index contributed by atoms with van der Waals surface area (Å²) in [6.45, 7) is 11.1. The summed E-state index contributed by atoms with van der Waals surface area (Å²) in [5.41, 5.74) is 0. The van der Waals surface area contributed by atoms with Crippen LogP contribution in [0, 0.1) is 23.7 Å². The van der Waals surface area contributed by atoms with E-state index in [2.05, 4.69) is 20.8 Å². The number of carbonyl (C=O) groups excluding carboxylic acids is 1. The van der Waals surface area contributed by atoms with Gasteiger partial charge < -0.3 is 9.47 Å². The minimum atomic E-state index is -0.492. The minimum absolute atomic E-state index is 0.0356. The fraction of sp³-hybridized carbons (Fsp3) is 0.933. The summed E-state index contributed by atoms with van der Waals surface area (Å²) in [4.78, 5) is 11.6. The third-order valence-electron chi connectivity index (χ3n) is 3.74. The van der Waals surface area contributed by atoms with Gasteiger partial charge in [0.2, 0.25) is 0 Å². The fourth-order valence-electron chi connectivity index (χ4n) is 2.64. The number of hydrogen-bond donors (Lipinski definition) is 0. The number of rotatable bonds is 4. The first kappa shape index (κ1) is 15.3. The van der Waals surface area contributed by atoms with Crippen molar-refractivity contribution < 1.29 is 14.3 Å². The molecule has 18 heavy (non-hydrogen) atoms. The standard InChI is InChI=1S/C15H28O3/c1-10(2)9-17-15(16)18-14-8-12(5)6-7-13(14)11(3)4/h10-14H,6-9H2,1-5H3/t12-,13+,14-/m1/s1. The molecule has 3 nitrogen and oxygen atoms in total. The van der Waals surface area contributed by atoms with Gasteiger partial charge in [-0.2, -0.15) is 0 Å². The molecule has 0 saturated heterocycles. The van der Waals surface area contributed by atoms with Gasteiger partial charge >= 0.3 is 6.16 Å². The molecule has 3 heteroatoms. The molecule has 0 bridgehead atoms. The lowest BCUT2D eigenvalue weighted by Gasteiger charge is -2.36. The van der Waals surface area contributed by atoms with Crippen LogP contribution in [0.3, 0.4) is 0 Å². The maximum atomic E-state index is 11.6. The van der Waals surface area contributed by atoms with Crippen molar-refractivity contribution in [1.29, 1.82) is 0 Å². The second-order valence-electron chi connectivity index (χ2n) is 6.44. The van der Waals surface area contributed by atoms with Gasteiger partial charge in [0, 0.05) is 0 Å². The molecule has 0 N–H and O–H groups in total. The zero-order valence-electron chi connectivity index (χ0n) is 12.4. The summed E-state index contributed by atoms with van der Waals surface area (Å²) >= 11 is 0. The van der Waals surface area contributed by atoms with E-state index in [9.17, 15) is 4.79 Å². The van der Waals surface area contributed by atoms with E-state index in [4.69, 9.17) is 9.47 Å². The highest BCUT2D eigenvalue weighted by atomic mass is 16.7. The normalized spacial score (nSPS) is 28.5.